The van der Waals surface area contributed by atoms with Gasteiger partial charge in [0.2, 0.25) is 17.8 Å². The summed E-state index contributed by atoms with van der Waals surface area (Å²) in [7, 11) is 0. The van der Waals surface area contributed by atoms with Crippen molar-refractivity contribution in [3.05, 3.63) is 48.3 Å². The minimum atomic E-state index is -0.930. The first-order valence-electron chi connectivity index (χ1n) is 8.12. The monoisotopic (exact) mass is 354 g/mol. The lowest BCUT2D eigenvalue weighted by Gasteiger charge is -2.14. The number of anilines is 2. The maximum absolute atomic E-state index is 12.2. The topological polar surface area (TPSA) is 125 Å². The molecule has 9 heteroatoms. The van der Waals surface area contributed by atoms with Gasteiger partial charge < -0.3 is 21.3 Å². The van der Waals surface area contributed by atoms with Crippen molar-refractivity contribution in [2.75, 3.05) is 23.7 Å². The van der Waals surface area contributed by atoms with Crippen molar-refractivity contribution in [1.82, 2.24) is 20.6 Å². The standard InChI is InChI=1S/C17H18N6O3/c24-14(18-8-9-21-17-19-6-3-7-20-17)10-13-16(26)22-12-5-2-1-4-11(12)15(25)23-13/h1-7,13H,8-10H2,(H,18,24)(H,22,26)(H,23,25)(H,19,20,21). The van der Waals surface area contributed by atoms with Crippen LogP contribution in [0.3, 0.4) is 0 Å². The van der Waals surface area contributed by atoms with Crippen LogP contribution in [0.15, 0.2) is 42.7 Å². The molecule has 0 radical (unpaired) electrons. The van der Waals surface area contributed by atoms with E-state index in [1.807, 2.05) is 0 Å². The van der Waals surface area contributed by atoms with Gasteiger partial charge in [0.15, 0.2) is 0 Å². The van der Waals surface area contributed by atoms with E-state index in [4.69, 9.17) is 0 Å². The van der Waals surface area contributed by atoms with Gasteiger partial charge in [-0.15, -0.1) is 0 Å². The number of aromatic nitrogens is 2. The van der Waals surface area contributed by atoms with Crippen molar-refractivity contribution < 1.29 is 14.4 Å². The fourth-order valence-corrected chi connectivity index (χ4v) is 2.48. The molecule has 2 heterocycles. The van der Waals surface area contributed by atoms with Crippen LogP contribution in [0.4, 0.5) is 11.6 Å². The van der Waals surface area contributed by atoms with Crippen molar-refractivity contribution in [2.24, 2.45) is 0 Å². The lowest BCUT2D eigenvalue weighted by atomic mass is 10.1. The number of benzene rings is 1. The minimum Gasteiger partial charge on any atom is -0.354 e. The molecule has 3 rings (SSSR count). The Bertz CT molecular complexity index is 811. The number of nitrogens with one attached hydrogen (secondary N) is 4. The van der Waals surface area contributed by atoms with Crippen molar-refractivity contribution >= 4 is 29.4 Å². The van der Waals surface area contributed by atoms with Crippen LogP contribution in [0.25, 0.3) is 0 Å². The van der Waals surface area contributed by atoms with Crippen LogP contribution in [0.2, 0.25) is 0 Å². The summed E-state index contributed by atoms with van der Waals surface area (Å²) in [5.74, 6) is -0.684. The molecule has 1 aromatic heterocycles. The van der Waals surface area contributed by atoms with Gasteiger partial charge in [-0.1, -0.05) is 12.1 Å². The largest absolute Gasteiger partial charge is 0.354 e. The third-order valence-corrected chi connectivity index (χ3v) is 3.74. The molecule has 0 spiro atoms. The molecule has 9 nitrogen and oxygen atoms in total. The Morgan fingerprint density at radius 1 is 1.08 bits per heavy atom. The second-order valence-corrected chi connectivity index (χ2v) is 5.61. The molecule has 0 aliphatic carbocycles. The summed E-state index contributed by atoms with van der Waals surface area (Å²) in [6.45, 7) is 0.768. The summed E-state index contributed by atoms with van der Waals surface area (Å²) < 4.78 is 0. The number of fused-ring (bicyclic) bond motifs is 1. The van der Waals surface area contributed by atoms with E-state index < -0.39 is 11.9 Å². The number of rotatable bonds is 6. The van der Waals surface area contributed by atoms with Gasteiger partial charge in [0.05, 0.1) is 17.7 Å². The number of carbonyl (C=O) groups excluding carboxylic acids is 3. The Balaban J connectivity index is 1.48. The number of nitrogens with zero attached hydrogens (tertiary/aromatic N) is 2. The highest BCUT2D eigenvalue weighted by Crippen LogP contribution is 2.18. The second-order valence-electron chi connectivity index (χ2n) is 5.61. The van der Waals surface area contributed by atoms with Gasteiger partial charge in [0.1, 0.15) is 6.04 Å². The molecule has 1 unspecified atom stereocenters. The molecule has 0 saturated carbocycles. The molecular weight excluding hydrogens is 336 g/mol. The van der Waals surface area contributed by atoms with Crippen molar-refractivity contribution in [3.63, 3.8) is 0 Å². The first kappa shape index (κ1) is 17.3. The molecule has 0 bridgehead atoms. The molecule has 26 heavy (non-hydrogen) atoms. The zero-order chi connectivity index (χ0) is 18.4. The number of carbonyl (C=O) groups is 3. The Morgan fingerprint density at radius 3 is 2.65 bits per heavy atom. The Morgan fingerprint density at radius 2 is 1.85 bits per heavy atom. The Kier molecular flexibility index (Phi) is 5.37. The first-order chi connectivity index (χ1) is 12.6. The van der Waals surface area contributed by atoms with E-state index in [-0.39, 0.29) is 18.2 Å². The molecule has 1 aliphatic heterocycles. The molecule has 3 amide bonds. The van der Waals surface area contributed by atoms with Gasteiger partial charge in [-0.3, -0.25) is 14.4 Å². The summed E-state index contributed by atoms with van der Waals surface area (Å²) in [6, 6.07) is 7.47. The zero-order valence-electron chi connectivity index (χ0n) is 13.9. The lowest BCUT2D eigenvalue weighted by Crippen LogP contribution is -2.45. The van der Waals surface area contributed by atoms with E-state index in [1.54, 1.807) is 42.7 Å². The average Bonchev–Trinajstić information content (AvgIpc) is 2.76. The molecule has 134 valence electrons. The highest BCUT2D eigenvalue weighted by Gasteiger charge is 2.29. The SMILES string of the molecule is O=C(CC1NC(=O)c2ccccc2NC1=O)NCCNc1ncccn1. The van der Waals surface area contributed by atoms with E-state index in [0.29, 0.717) is 30.3 Å². The molecule has 1 aliphatic rings. The molecule has 1 atom stereocenters. The second kappa shape index (κ2) is 8.06. The summed E-state index contributed by atoms with van der Waals surface area (Å²) in [6.07, 6.45) is 3.08. The number of amides is 3. The summed E-state index contributed by atoms with van der Waals surface area (Å²) in [5, 5.41) is 10.9. The summed E-state index contributed by atoms with van der Waals surface area (Å²) >= 11 is 0. The quantitative estimate of drug-likeness (QED) is 0.547. The van der Waals surface area contributed by atoms with E-state index in [2.05, 4.69) is 31.2 Å². The first-order valence-corrected chi connectivity index (χ1v) is 8.12. The van der Waals surface area contributed by atoms with Gasteiger partial charge in [0.25, 0.3) is 5.91 Å². The third-order valence-electron chi connectivity index (χ3n) is 3.74. The van der Waals surface area contributed by atoms with Crippen LogP contribution in [0.1, 0.15) is 16.8 Å². The fourth-order valence-electron chi connectivity index (χ4n) is 2.48. The zero-order valence-corrected chi connectivity index (χ0v) is 13.9. The van der Waals surface area contributed by atoms with Crippen molar-refractivity contribution in [3.8, 4) is 0 Å². The van der Waals surface area contributed by atoms with Crippen molar-refractivity contribution in [1.29, 1.82) is 0 Å². The maximum Gasteiger partial charge on any atom is 0.254 e. The van der Waals surface area contributed by atoms with E-state index in [1.165, 1.54) is 0 Å². The van der Waals surface area contributed by atoms with Crippen LogP contribution < -0.4 is 21.3 Å². The predicted octanol–water partition coefficient (Wildman–Crippen LogP) is 0.146. The van der Waals surface area contributed by atoms with E-state index >= 15 is 0 Å². The number of hydrogen-bond donors (Lipinski definition) is 4. The number of hydrogen-bond acceptors (Lipinski definition) is 6. The van der Waals surface area contributed by atoms with Gasteiger partial charge in [-0.2, -0.15) is 0 Å². The third kappa shape index (κ3) is 4.32. The number of para-hydroxylation sites is 1. The summed E-state index contributed by atoms with van der Waals surface area (Å²) in [5.41, 5.74) is 0.806. The predicted molar refractivity (Wildman–Crippen MR) is 94.5 cm³/mol. The highest BCUT2D eigenvalue weighted by molar-refractivity contribution is 6.10. The molecule has 0 fully saturated rings. The maximum atomic E-state index is 12.2. The smallest absolute Gasteiger partial charge is 0.254 e. The summed E-state index contributed by atoms with van der Waals surface area (Å²) in [4.78, 5) is 44.5. The highest BCUT2D eigenvalue weighted by atomic mass is 16.2. The molecular formula is C17H18N6O3. The van der Waals surface area contributed by atoms with E-state index in [0.717, 1.165) is 0 Å². The molecule has 1 aromatic carbocycles. The van der Waals surface area contributed by atoms with Crippen molar-refractivity contribution in [2.45, 2.75) is 12.5 Å². The molecule has 0 saturated heterocycles. The van der Waals surface area contributed by atoms with Gasteiger partial charge in [0, 0.05) is 25.5 Å². The average molecular weight is 354 g/mol. The molecule has 4 N–H and O–H groups in total. The van der Waals surface area contributed by atoms with Gasteiger partial charge in [-0.05, 0) is 18.2 Å². The van der Waals surface area contributed by atoms with Crippen LogP contribution >= 0.6 is 0 Å². The normalized spacial score (nSPS) is 15.9. The van der Waals surface area contributed by atoms with Gasteiger partial charge >= 0.3 is 0 Å². The van der Waals surface area contributed by atoms with Crippen LogP contribution in [-0.4, -0.2) is 46.8 Å². The minimum absolute atomic E-state index is 0.145. The Labute approximate surface area is 149 Å². The van der Waals surface area contributed by atoms with Crippen LogP contribution in [-0.2, 0) is 9.59 Å². The van der Waals surface area contributed by atoms with E-state index in [9.17, 15) is 14.4 Å². The Hall–Kier alpha value is -3.49. The molecule has 2 aromatic rings. The fraction of sp³-hybridized carbons (Fsp3) is 0.235. The van der Waals surface area contributed by atoms with Crippen LogP contribution in [0, 0.1) is 0 Å². The lowest BCUT2D eigenvalue weighted by molar-refractivity contribution is -0.125. The van der Waals surface area contributed by atoms with Gasteiger partial charge in [-0.25, -0.2) is 9.97 Å². The van der Waals surface area contributed by atoms with Crippen LogP contribution in [0.5, 0.6) is 0 Å².